The molecular formula is C19H15F3OS. The molecule has 0 saturated carbocycles. The predicted octanol–water partition coefficient (Wildman–Crippen LogP) is 6.04. The molecule has 0 saturated heterocycles. The number of halogens is 3. The highest BCUT2D eigenvalue weighted by Crippen LogP contribution is 2.32. The largest absolute Gasteiger partial charge is 0.416 e. The number of hydrogen-bond donors (Lipinski definition) is 0. The highest BCUT2D eigenvalue weighted by Gasteiger charge is 2.30. The molecule has 5 heteroatoms. The zero-order chi connectivity index (χ0) is 17.3. The molecule has 3 rings (SSSR count). The Bertz CT molecular complexity index is 876. The molecule has 24 heavy (non-hydrogen) atoms. The minimum Gasteiger partial charge on any atom is -0.294 e. The van der Waals surface area contributed by atoms with E-state index in [1.165, 1.54) is 27.8 Å². The topological polar surface area (TPSA) is 17.1 Å². The van der Waals surface area contributed by atoms with Gasteiger partial charge >= 0.3 is 6.18 Å². The SMILES string of the molecule is Cc1c(CCC(=O)c2ccc(C(F)(F)F)cc2)sc2ccccc12. The fourth-order valence-electron chi connectivity index (χ4n) is 2.68. The fourth-order valence-corrected chi connectivity index (χ4v) is 3.89. The molecule has 0 radical (unpaired) electrons. The van der Waals surface area contributed by atoms with E-state index in [0.29, 0.717) is 18.4 Å². The van der Waals surface area contributed by atoms with Crippen LogP contribution in [0.3, 0.4) is 0 Å². The number of Topliss-reactive ketones (excluding diaryl/α,β-unsaturated/α-hetero) is 1. The molecule has 3 aromatic rings. The van der Waals surface area contributed by atoms with Crippen molar-refractivity contribution in [3.63, 3.8) is 0 Å². The number of hydrogen-bond acceptors (Lipinski definition) is 2. The first-order valence-corrected chi connectivity index (χ1v) is 8.35. The molecule has 0 fully saturated rings. The highest BCUT2D eigenvalue weighted by molar-refractivity contribution is 7.19. The lowest BCUT2D eigenvalue weighted by Gasteiger charge is -2.07. The second-order valence-corrected chi connectivity index (χ2v) is 6.78. The maximum absolute atomic E-state index is 12.6. The van der Waals surface area contributed by atoms with Crippen LogP contribution in [0.15, 0.2) is 48.5 Å². The Balaban J connectivity index is 1.72. The Hall–Kier alpha value is -2.14. The fraction of sp³-hybridized carbons (Fsp3) is 0.211. The number of benzene rings is 2. The zero-order valence-electron chi connectivity index (χ0n) is 13.0. The van der Waals surface area contributed by atoms with Gasteiger partial charge < -0.3 is 0 Å². The van der Waals surface area contributed by atoms with E-state index in [4.69, 9.17) is 0 Å². The van der Waals surface area contributed by atoms with Gasteiger partial charge in [-0.2, -0.15) is 13.2 Å². The monoisotopic (exact) mass is 348 g/mol. The maximum Gasteiger partial charge on any atom is 0.416 e. The number of carbonyl (C=O) groups excluding carboxylic acids is 1. The van der Waals surface area contributed by atoms with Gasteiger partial charge in [0.25, 0.3) is 0 Å². The van der Waals surface area contributed by atoms with Crippen LogP contribution in [0.1, 0.15) is 32.8 Å². The van der Waals surface area contributed by atoms with E-state index >= 15 is 0 Å². The molecule has 0 aliphatic heterocycles. The second kappa shape index (κ2) is 6.40. The Morgan fingerprint density at radius 1 is 1.04 bits per heavy atom. The Morgan fingerprint density at radius 3 is 2.33 bits per heavy atom. The molecule has 0 atom stereocenters. The third-order valence-corrected chi connectivity index (χ3v) is 5.39. The van der Waals surface area contributed by atoms with Crippen LogP contribution in [0.25, 0.3) is 10.1 Å². The van der Waals surface area contributed by atoms with E-state index in [2.05, 4.69) is 6.07 Å². The molecular weight excluding hydrogens is 333 g/mol. The number of carbonyl (C=O) groups is 1. The summed E-state index contributed by atoms with van der Waals surface area (Å²) in [6.45, 7) is 2.04. The number of ketones is 1. The van der Waals surface area contributed by atoms with Crippen LogP contribution in [0.2, 0.25) is 0 Å². The van der Waals surface area contributed by atoms with Gasteiger partial charge in [-0.3, -0.25) is 4.79 Å². The lowest BCUT2D eigenvalue weighted by molar-refractivity contribution is -0.137. The van der Waals surface area contributed by atoms with Gasteiger partial charge in [-0.1, -0.05) is 30.3 Å². The number of thiophene rings is 1. The van der Waals surface area contributed by atoms with Crippen molar-refractivity contribution in [2.75, 3.05) is 0 Å². The minimum absolute atomic E-state index is 0.138. The van der Waals surface area contributed by atoms with Gasteiger partial charge in [0.2, 0.25) is 0 Å². The van der Waals surface area contributed by atoms with Crippen LogP contribution in [0.4, 0.5) is 13.2 Å². The number of rotatable bonds is 4. The van der Waals surface area contributed by atoms with Crippen LogP contribution in [-0.2, 0) is 12.6 Å². The van der Waals surface area contributed by atoms with E-state index in [1.807, 2.05) is 25.1 Å². The van der Waals surface area contributed by atoms with Crippen molar-refractivity contribution in [2.24, 2.45) is 0 Å². The first kappa shape index (κ1) is 16.7. The Labute approximate surface area is 141 Å². The van der Waals surface area contributed by atoms with Crippen LogP contribution in [0, 0.1) is 6.92 Å². The van der Waals surface area contributed by atoms with Crippen molar-refractivity contribution in [1.29, 1.82) is 0 Å². The molecule has 1 aromatic heterocycles. The van der Waals surface area contributed by atoms with E-state index < -0.39 is 11.7 Å². The lowest BCUT2D eigenvalue weighted by Crippen LogP contribution is -2.06. The molecule has 0 amide bonds. The van der Waals surface area contributed by atoms with Crippen LogP contribution < -0.4 is 0 Å². The third kappa shape index (κ3) is 3.36. The summed E-state index contributed by atoms with van der Waals surface area (Å²) < 4.78 is 38.8. The van der Waals surface area contributed by atoms with Crippen molar-refractivity contribution in [1.82, 2.24) is 0 Å². The Kier molecular flexibility index (Phi) is 4.45. The summed E-state index contributed by atoms with van der Waals surface area (Å²) in [5.74, 6) is -0.138. The molecule has 1 heterocycles. The molecule has 0 spiro atoms. The lowest BCUT2D eigenvalue weighted by atomic mass is 10.0. The smallest absolute Gasteiger partial charge is 0.294 e. The zero-order valence-corrected chi connectivity index (χ0v) is 13.8. The van der Waals surface area contributed by atoms with Gasteiger partial charge in [-0.25, -0.2) is 0 Å². The average Bonchev–Trinajstić information content (AvgIpc) is 2.88. The van der Waals surface area contributed by atoms with E-state index in [-0.39, 0.29) is 5.78 Å². The van der Waals surface area contributed by atoms with Crippen molar-refractivity contribution in [3.05, 3.63) is 70.1 Å². The van der Waals surface area contributed by atoms with Gasteiger partial charge in [0.05, 0.1) is 5.56 Å². The molecule has 124 valence electrons. The minimum atomic E-state index is -4.38. The molecule has 0 aliphatic rings. The van der Waals surface area contributed by atoms with Gasteiger partial charge in [0.15, 0.2) is 5.78 Å². The summed E-state index contributed by atoms with van der Waals surface area (Å²) >= 11 is 1.67. The number of fused-ring (bicyclic) bond motifs is 1. The summed E-state index contributed by atoms with van der Waals surface area (Å²) in [5.41, 5.74) is 0.761. The Morgan fingerprint density at radius 2 is 1.71 bits per heavy atom. The van der Waals surface area contributed by atoms with Crippen LogP contribution in [-0.4, -0.2) is 5.78 Å². The van der Waals surface area contributed by atoms with Crippen molar-refractivity contribution in [3.8, 4) is 0 Å². The van der Waals surface area contributed by atoms with E-state index in [1.54, 1.807) is 11.3 Å². The maximum atomic E-state index is 12.6. The highest BCUT2D eigenvalue weighted by atomic mass is 32.1. The van der Waals surface area contributed by atoms with Gasteiger partial charge in [-0.15, -0.1) is 11.3 Å². The van der Waals surface area contributed by atoms with Crippen LogP contribution in [0.5, 0.6) is 0 Å². The van der Waals surface area contributed by atoms with Crippen LogP contribution >= 0.6 is 11.3 Å². The van der Waals surface area contributed by atoms with E-state index in [0.717, 1.165) is 17.0 Å². The molecule has 0 aliphatic carbocycles. The third-order valence-electron chi connectivity index (χ3n) is 4.06. The summed E-state index contributed by atoms with van der Waals surface area (Å²) in [6.07, 6.45) is -3.49. The molecule has 0 bridgehead atoms. The first-order valence-electron chi connectivity index (χ1n) is 7.54. The molecule has 2 aromatic carbocycles. The second-order valence-electron chi connectivity index (χ2n) is 5.64. The molecule has 0 N–H and O–H groups in total. The van der Waals surface area contributed by atoms with Crippen molar-refractivity contribution in [2.45, 2.75) is 25.9 Å². The summed E-state index contributed by atoms with van der Waals surface area (Å²) in [4.78, 5) is 13.4. The van der Waals surface area contributed by atoms with Gasteiger partial charge in [-0.05, 0) is 42.5 Å². The number of aryl methyl sites for hydroxylation is 2. The summed E-state index contributed by atoms with van der Waals surface area (Å²) in [7, 11) is 0. The standard InChI is InChI=1S/C19H15F3OS/c1-12-15-4-2-3-5-18(15)24-17(12)11-10-16(23)13-6-8-14(9-7-13)19(20,21)22/h2-9H,10-11H2,1H3. The predicted molar refractivity (Wildman–Crippen MR) is 90.7 cm³/mol. The van der Waals surface area contributed by atoms with Crippen molar-refractivity contribution < 1.29 is 18.0 Å². The van der Waals surface area contributed by atoms with Gasteiger partial charge in [0.1, 0.15) is 0 Å². The van der Waals surface area contributed by atoms with Gasteiger partial charge in [0, 0.05) is 21.6 Å². The van der Waals surface area contributed by atoms with E-state index in [9.17, 15) is 18.0 Å². The molecule has 1 nitrogen and oxygen atoms in total. The normalized spacial score (nSPS) is 11.8. The average molecular weight is 348 g/mol. The quantitative estimate of drug-likeness (QED) is 0.525. The number of alkyl halides is 3. The molecule has 0 unspecified atom stereocenters. The first-order chi connectivity index (χ1) is 11.4. The summed E-state index contributed by atoms with van der Waals surface area (Å²) in [6, 6.07) is 12.5. The van der Waals surface area contributed by atoms with Crippen molar-refractivity contribution >= 4 is 27.2 Å². The summed E-state index contributed by atoms with van der Waals surface area (Å²) in [5, 5.41) is 1.19.